The second-order valence-electron chi connectivity index (χ2n) is 18.4. The number of hydrogen-bond donors (Lipinski definition) is 8. The number of amides is 6. The Labute approximate surface area is 405 Å². The van der Waals surface area contributed by atoms with E-state index in [4.69, 9.17) is 0 Å². The van der Waals surface area contributed by atoms with Crippen LogP contribution in [0.5, 0.6) is 0 Å². The average Bonchev–Trinajstić information content (AvgIpc) is 3.76. The normalized spacial score (nSPS) is 13.9. The molecule has 70 heavy (non-hydrogen) atoms. The molecule has 0 radical (unpaired) electrons. The molecule has 4 aromatic rings. The summed E-state index contributed by atoms with van der Waals surface area (Å²) in [6.45, 7) is 13.4. The lowest BCUT2D eigenvalue weighted by Gasteiger charge is -2.34. The van der Waals surface area contributed by atoms with Gasteiger partial charge in [0, 0.05) is 32.0 Å². The molecule has 374 valence electrons. The first kappa shape index (κ1) is 55.1. The van der Waals surface area contributed by atoms with E-state index in [0.717, 1.165) is 17.7 Å². The molecule has 1 unspecified atom stereocenters. The lowest BCUT2D eigenvalue weighted by molar-refractivity contribution is -0.394. The van der Waals surface area contributed by atoms with Crippen LogP contribution < -0.4 is 31.9 Å². The minimum Gasteiger partial charge on any atom is -0.426 e. The number of benzene rings is 3. The van der Waals surface area contributed by atoms with Crippen molar-refractivity contribution < 1.29 is 48.7 Å². The molecular formula is C47H61BN10O12. The van der Waals surface area contributed by atoms with E-state index in [0.29, 0.717) is 11.1 Å². The van der Waals surface area contributed by atoms with Crippen LogP contribution in [0.1, 0.15) is 89.7 Å². The number of nitro benzene ring substituents is 2. The topological polar surface area (TPSA) is 319 Å². The smallest absolute Gasteiger partial charge is 0.426 e. The van der Waals surface area contributed by atoms with Gasteiger partial charge < -0.3 is 41.9 Å². The summed E-state index contributed by atoms with van der Waals surface area (Å²) < 4.78 is 1.24. The van der Waals surface area contributed by atoms with Crippen molar-refractivity contribution in [2.45, 2.75) is 117 Å². The predicted molar refractivity (Wildman–Crippen MR) is 258 cm³/mol. The summed E-state index contributed by atoms with van der Waals surface area (Å²) in [6, 6.07) is 11.7. The number of non-ortho nitro benzene ring substituents is 1. The predicted octanol–water partition coefficient (Wildman–Crippen LogP) is 2.60. The Balaban J connectivity index is 1.66. The first-order valence-electron chi connectivity index (χ1n) is 22.6. The maximum atomic E-state index is 14.6. The third-order valence-electron chi connectivity index (χ3n) is 11.3. The number of imidazole rings is 1. The lowest BCUT2D eigenvalue weighted by Crippen LogP contribution is -2.62. The fraction of sp³-hybridized carbons (Fsp3) is 0.426. The van der Waals surface area contributed by atoms with Crippen molar-refractivity contribution in [3.63, 3.8) is 0 Å². The molecule has 6 amide bonds. The lowest BCUT2D eigenvalue weighted by atomic mass is 9.77. The van der Waals surface area contributed by atoms with Gasteiger partial charge >= 0.3 is 7.12 Å². The van der Waals surface area contributed by atoms with Crippen LogP contribution in [0.2, 0.25) is 0 Å². The number of carbonyl (C=O) groups is 6. The SMILES string of the molecule is CCC(NC(=O)[C@H](CC(C)C)NC(=O)[C@@H](NC(=O)[C@H](Cc1ccccc1C)NC(=O)[C@H](NC(=O)[C@H](Cc1cn(-c2ccc([N+](=O)[O-])cc2[N+](=O)[O-])cn1)NC(C)=O)c1ccccc1)C(C)(C)C)B(O)O. The summed E-state index contributed by atoms with van der Waals surface area (Å²) in [5.74, 6) is -5.54. The van der Waals surface area contributed by atoms with Crippen molar-refractivity contribution in [2.24, 2.45) is 11.3 Å². The van der Waals surface area contributed by atoms with Crippen LogP contribution in [0.15, 0.2) is 85.3 Å². The summed E-state index contributed by atoms with van der Waals surface area (Å²) in [4.78, 5) is 109. The second kappa shape index (κ2) is 24.7. The molecule has 0 saturated carbocycles. The Bertz CT molecular complexity index is 2530. The second-order valence-corrected chi connectivity index (χ2v) is 18.4. The van der Waals surface area contributed by atoms with E-state index in [-0.39, 0.29) is 43.0 Å². The summed E-state index contributed by atoms with van der Waals surface area (Å²) in [6.07, 6.45) is 2.58. The van der Waals surface area contributed by atoms with Gasteiger partial charge in [-0.2, -0.15) is 0 Å². The first-order valence-corrected chi connectivity index (χ1v) is 22.6. The minimum atomic E-state index is -1.84. The zero-order valence-electron chi connectivity index (χ0n) is 40.3. The average molecular weight is 969 g/mol. The molecule has 22 nitrogen and oxygen atoms in total. The summed E-state index contributed by atoms with van der Waals surface area (Å²) in [7, 11) is -1.84. The number of hydrogen-bond acceptors (Lipinski definition) is 13. The van der Waals surface area contributed by atoms with Crippen LogP contribution in [0.3, 0.4) is 0 Å². The van der Waals surface area contributed by atoms with Gasteiger partial charge in [0.25, 0.3) is 11.4 Å². The van der Waals surface area contributed by atoms with Crippen LogP contribution in [0.4, 0.5) is 11.4 Å². The molecular weight excluding hydrogens is 907 g/mol. The molecule has 1 aromatic heterocycles. The molecule has 0 bridgehead atoms. The van der Waals surface area contributed by atoms with Gasteiger partial charge in [-0.05, 0) is 53.9 Å². The molecule has 0 saturated heterocycles. The quantitative estimate of drug-likeness (QED) is 0.0302. The zero-order valence-corrected chi connectivity index (χ0v) is 40.3. The van der Waals surface area contributed by atoms with Gasteiger partial charge in [0.05, 0.1) is 33.9 Å². The summed E-state index contributed by atoms with van der Waals surface area (Å²) in [5.41, 5.74) is -0.185. The molecule has 3 aromatic carbocycles. The third-order valence-corrected chi connectivity index (χ3v) is 11.3. The first-order chi connectivity index (χ1) is 32.9. The molecule has 1 heterocycles. The van der Waals surface area contributed by atoms with Gasteiger partial charge in [0.2, 0.25) is 35.4 Å². The Hall–Kier alpha value is -7.53. The largest absolute Gasteiger partial charge is 0.475 e. The van der Waals surface area contributed by atoms with Crippen LogP contribution in [-0.2, 0) is 41.6 Å². The Kier molecular flexibility index (Phi) is 19.4. The Morgan fingerprint density at radius 1 is 0.743 bits per heavy atom. The van der Waals surface area contributed by atoms with Crippen molar-refractivity contribution in [3.8, 4) is 5.69 Å². The van der Waals surface area contributed by atoms with Gasteiger partial charge in [-0.3, -0.25) is 53.6 Å². The minimum absolute atomic E-state index is 0.0574. The van der Waals surface area contributed by atoms with E-state index >= 15 is 0 Å². The van der Waals surface area contributed by atoms with E-state index in [1.165, 1.54) is 30.1 Å². The van der Waals surface area contributed by atoms with Gasteiger partial charge in [-0.25, -0.2) is 4.98 Å². The molecule has 8 N–H and O–H groups in total. The highest BCUT2D eigenvalue weighted by Crippen LogP contribution is 2.28. The van der Waals surface area contributed by atoms with Crippen molar-refractivity contribution in [3.05, 3.63) is 128 Å². The number of aryl methyl sites for hydroxylation is 1. The maximum absolute atomic E-state index is 14.6. The highest BCUT2D eigenvalue weighted by Gasteiger charge is 2.39. The number of nitrogens with one attached hydrogen (secondary N) is 6. The van der Waals surface area contributed by atoms with Gasteiger partial charge in [-0.1, -0.05) is 96.1 Å². The molecule has 0 aliphatic heterocycles. The van der Waals surface area contributed by atoms with Crippen molar-refractivity contribution in [2.75, 3.05) is 0 Å². The van der Waals surface area contributed by atoms with Crippen LogP contribution in [0.25, 0.3) is 5.69 Å². The van der Waals surface area contributed by atoms with E-state index in [1.807, 2.05) is 26.8 Å². The molecule has 0 fully saturated rings. The standard InChI is InChI=1S/C47H61BN10O12/c1-9-39(48(65)66)53-42(60)34(21-27(2)3)52-46(64)41(47(6,7)8)55-44(62)35(22-31-18-14-13-15-28(31)4)51-45(63)40(30-16-11-10-12-17-30)54-43(61)36(50-29(5)59)23-32-25-56(26-49-32)37-20-19-33(57(67)68)24-38(37)58(69)70/h10-20,24-27,34-36,39-41,65-66H,9,21-23H2,1-8H3,(H,50,59)(H,51,63)(H,52,64)(H,53,60)(H,54,61)(H,55,62)/t34-,35-,36-,39?,40+,41+/m0/s1. The fourth-order valence-corrected chi connectivity index (χ4v) is 7.51. The highest BCUT2D eigenvalue weighted by atomic mass is 16.6. The highest BCUT2D eigenvalue weighted by molar-refractivity contribution is 6.43. The zero-order chi connectivity index (χ0) is 52.0. The van der Waals surface area contributed by atoms with E-state index in [2.05, 4.69) is 36.9 Å². The monoisotopic (exact) mass is 968 g/mol. The molecule has 0 spiro atoms. The van der Waals surface area contributed by atoms with Crippen LogP contribution in [-0.4, -0.2) is 102 Å². The number of carbonyl (C=O) groups excluding carboxylic acids is 6. The van der Waals surface area contributed by atoms with Crippen molar-refractivity contribution in [1.82, 2.24) is 41.5 Å². The van der Waals surface area contributed by atoms with Crippen LogP contribution >= 0.6 is 0 Å². The summed E-state index contributed by atoms with van der Waals surface area (Å²) in [5, 5.41) is 58.8. The molecule has 0 aliphatic rings. The molecule has 6 atom stereocenters. The fourth-order valence-electron chi connectivity index (χ4n) is 7.51. The van der Waals surface area contributed by atoms with Gasteiger partial charge in [-0.15, -0.1) is 0 Å². The van der Waals surface area contributed by atoms with Crippen molar-refractivity contribution in [1.29, 1.82) is 0 Å². The number of rotatable bonds is 23. The van der Waals surface area contributed by atoms with Gasteiger partial charge in [0.15, 0.2) is 0 Å². The number of nitrogens with zero attached hydrogens (tertiary/aromatic N) is 4. The summed E-state index contributed by atoms with van der Waals surface area (Å²) >= 11 is 0. The molecule has 4 rings (SSSR count). The Morgan fingerprint density at radius 2 is 1.34 bits per heavy atom. The Morgan fingerprint density at radius 3 is 1.91 bits per heavy atom. The molecule has 0 aliphatic carbocycles. The number of nitro groups is 2. The van der Waals surface area contributed by atoms with Crippen LogP contribution in [0, 0.1) is 38.5 Å². The van der Waals surface area contributed by atoms with E-state index in [9.17, 15) is 59.0 Å². The maximum Gasteiger partial charge on any atom is 0.475 e. The van der Waals surface area contributed by atoms with E-state index < -0.39 is 105 Å². The van der Waals surface area contributed by atoms with Gasteiger partial charge in [0.1, 0.15) is 35.9 Å². The van der Waals surface area contributed by atoms with Crippen molar-refractivity contribution >= 4 is 53.9 Å². The number of aromatic nitrogens is 2. The van der Waals surface area contributed by atoms with E-state index in [1.54, 1.807) is 76.2 Å². The molecule has 23 heteroatoms. The third kappa shape index (κ3) is 15.5.